The van der Waals surface area contributed by atoms with Gasteiger partial charge in [0.25, 0.3) is 0 Å². The second-order valence-corrected chi connectivity index (χ2v) is 4.65. The number of aliphatic hydroxyl groups is 1. The highest BCUT2D eigenvalue weighted by atomic mass is 35.5. The number of aliphatic hydroxyl groups excluding tert-OH is 1. The van der Waals surface area contributed by atoms with Crippen LogP contribution in [0.4, 0.5) is 0 Å². The molecule has 0 amide bonds. The maximum absolute atomic E-state index is 9.45. The molecule has 1 aromatic carbocycles. The average molecular weight is 272 g/mol. The molecule has 0 radical (unpaired) electrons. The van der Waals surface area contributed by atoms with E-state index >= 15 is 0 Å². The molecule has 3 nitrogen and oxygen atoms in total. The van der Waals surface area contributed by atoms with Gasteiger partial charge in [-0.15, -0.1) is 0 Å². The van der Waals surface area contributed by atoms with Gasteiger partial charge in [-0.2, -0.15) is 0 Å². The lowest BCUT2D eigenvalue weighted by molar-refractivity contribution is 0.199. The summed E-state index contributed by atoms with van der Waals surface area (Å²) < 4.78 is 5.65. The average Bonchev–Trinajstić information content (AvgIpc) is 2.36. The van der Waals surface area contributed by atoms with E-state index in [4.69, 9.17) is 16.3 Å². The molecule has 1 aromatic rings. The minimum Gasteiger partial charge on any atom is -0.491 e. The van der Waals surface area contributed by atoms with Crippen LogP contribution in [0.3, 0.4) is 0 Å². The molecule has 18 heavy (non-hydrogen) atoms. The highest BCUT2D eigenvalue weighted by molar-refractivity contribution is 6.32. The fourth-order valence-corrected chi connectivity index (χ4v) is 1.96. The van der Waals surface area contributed by atoms with Gasteiger partial charge >= 0.3 is 0 Å². The van der Waals surface area contributed by atoms with E-state index in [1.165, 1.54) is 0 Å². The number of halogens is 1. The second kappa shape index (κ2) is 7.62. The number of benzene rings is 1. The zero-order valence-corrected chi connectivity index (χ0v) is 12.1. The number of hydrogen-bond acceptors (Lipinski definition) is 3. The van der Waals surface area contributed by atoms with Crippen LogP contribution in [0.15, 0.2) is 18.2 Å². The highest BCUT2D eigenvalue weighted by Gasteiger charge is 2.07. The first-order chi connectivity index (χ1) is 8.58. The molecule has 0 aromatic heterocycles. The van der Waals surface area contributed by atoms with Crippen LogP contribution in [0, 0.1) is 0 Å². The quantitative estimate of drug-likeness (QED) is 0.827. The summed E-state index contributed by atoms with van der Waals surface area (Å²) in [5.41, 5.74) is 0.802. The van der Waals surface area contributed by atoms with Crippen LogP contribution in [0.2, 0.25) is 5.02 Å². The maximum atomic E-state index is 9.45. The molecule has 102 valence electrons. The third-order valence-electron chi connectivity index (χ3n) is 3.00. The van der Waals surface area contributed by atoms with Crippen molar-refractivity contribution in [2.45, 2.75) is 26.9 Å². The third kappa shape index (κ3) is 4.48. The molecule has 0 saturated heterocycles. The lowest BCUT2D eigenvalue weighted by atomic mass is 10.1. The van der Waals surface area contributed by atoms with E-state index in [0.29, 0.717) is 17.4 Å². The molecule has 0 aliphatic heterocycles. The Bertz CT molecular complexity index is 365. The van der Waals surface area contributed by atoms with Crippen LogP contribution in [-0.4, -0.2) is 36.2 Å². The van der Waals surface area contributed by atoms with Gasteiger partial charge in [0.05, 0.1) is 11.1 Å². The fourth-order valence-electron chi connectivity index (χ4n) is 1.72. The molecule has 1 rings (SSSR count). The van der Waals surface area contributed by atoms with Gasteiger partial charge in [0.15, 0.2) is 0 Å². The minimum atomic E-state index is -0.507. The van der Waals surface area contributed by atoms with Gasteiger partial charge in [-0.05, 0) is 37.7 Å². The Balaban J connectivity index is 2.53. The van der Waals surface area contributed by atoms with Crippen molar-refractivity contribution in [3.05, 3.63) is 28.8 Å². The van der Waals surface area contributed by atoms with Crippen molar-refractivity contribution >= 4 is 11.6 Å². The van der Waals surface area contributed by atoms with Crippen molar-refractivity contribution in [3.8, 4) is 5.75 Å². The van der Waals surface area contributed by atoms with Crippen LogP contribution in [0.1, 0.15) is 32.4 Å². The molecule has 1 N–H and O–H groups in total. The standard InChI is InChI=1S/C14H22ClNO2/c1-4-16(5-2)8-9-18-14-7-6-12(11(3)17)10-13(14)15/h6-7,10-11,17H,4-5,8-9H2,1-3H3. The van der Waals surface area contributed by atoms with E-state index in [1.54, 1.807) is 13.0 Å². The summed E-state index contributed by atoms with van der Waals surface area (Å²) in [7, 11) is 0. The summed E-state index contributed by atoms with van der Waals surface area (Å²) >= 11 is 6.11. The molecule has 1 atom stereocenters. The van der Waals surface area contributed by atoms with E-state index in [2.05, 4.69) is 18.7 Å². The predicted molar refractivity (Wildman–Crippen MR) is 75.4 cm³/mol. The minimum absolute atomic E-state index is 0.507. The SMILES string of the molecule is CCN(CC)CCOc1ccc(C(C)O)cc1Cl. The Morgan fingerprint density at radius 2 is 2.00 bits per heavy atom. The van der Waals surface area contributed by atoms with Crippen molar-refractivity contribution in [3.63, 3.8) is 0 Å². The van der Waals surface area contributed by atoms with E-state index in [-0.39, 0.29) is 0 Å². The first-order valence-electron chi connectivity index (χ1n) is 6.41. The predicted octanol–water partition coefficient (Wildman–Crippen LogP) is 3.11. The van der Waals surface area contributed by atoms with Crippen LogP contribution in [-0.2, 0) is 0 Å². The summed E-state index contributed by atoms with van der Waals surface area (Å²) in [6, 6.07) is 5.40. The normalized spacial score (nSPS) is 12.8. The third-order valence-corrected chi connectivity index (χ3v) is 3.29. The number of ether oxygens (including phenoxy) is 1. The van der Waals surface area contributed by atoms with Gasteiger partial charge in [-0.3, -0.25) is 0 Å². The lowest BCUT2D eigenvalue weighted by Gasteiger charge is -2.18. The number of rotatable bonds is 7. The first-order valence-corrected chi connectivity index (χ1v) is 6.78. The molecule has 1 unspecified atom stereocenters. The Morgan fingerprint density at radius 3 is 2.50 bits per heavy atom. The molecule has 0 aliphatic rings. The highest BCUT2D eigenvalue weighted by Crippen LogP contribution is 2.27. The van der Waals surface area contributed by atoms with Crippen molar-refractivity contribution in [1.29, 1.82) is 0 Å². The van der Waals surface area contributed by atoms with Gasteiger partial charge < -0.3 is 14.7 Å². The molecule has 0 aliphatic carbocycles. The van der Waals surface area contributed by atoms with Gasteiger partial charge in [0.2, 0.25) is 0 Å². The van der Waals surface area contributed by atoms with Gasteiger partial charge in [-0.1, -0.05) is 31.5 Å². The van der Waals surface area contributed by atoms with E-state index in [1.807, 2.05) is 12.1 Å². The largest absolute Gasteiger partial charge is 0.491 e. The fraction of sp³-hybridized carbons (Fsp3) is 0.571. The number of nitrogens with zero attached hydrogens (tertiary/aromatic N) is 1. The Labute approximate surface area is 114 Å². The topological polar surface area (TPSA) is 32.7 Å². The maximum Gasteiger partial charge on any atom is 0.137 e. The van der Waals surface area contributed by atoms with Gasteiger partial charge in [0.1, 0.15) is 12.4 Å². The summed E-state index contributed by atoms with van der Waals surface area (Å²) in [5, 5.41) is 9.99. The monoisotopic (exact) mass is 271 g/mol. The van der Waals surface area contributed by atoms with Crippen LogP contribution < -0.4 is 4.74 Å². The zero-order chi connectivity index (χ0) is 13.5. The van der Waals surface area contributed by atoms with E-state index in [0.717, 1.165) is 25.2 Å². The van der Waals surface area contributed by atoms with Crippen LogP contribution >= 0.6 is 11.6 Å². The zero-order valence-electron chi connectivity index (χ0n) is 11.3. The van der Waals surface area contributed by atoms with Crippen molar-refractivity contribution in [2.24, 2.45) is 0 Å². The second-order valence-electron chi connectivity index (χ2n) is 4.24. The number of likely N-dealkylation sites (N-methyl/N-ethyl adjacent to an activating group) is 1. The Morgan fingerprint density at radius 1 is 1.33 bits per heavy atom. The molecular weight excluding hydrogens is 250 g/mol. The lowest BCUT2D eigenvalue weighted by Crippen LogP contribution is -2.27. The molecule has 0 fully saturated rings. The van der Waals surface area contributed by atoms with E-state index < -0.39 is 6.10 Å². The van der Waals surface area contributed by atoms with E-state index in [9.17, 15) is 5.11 Å². The molecule has 0 bridgehead atoms. The van der Waals surface area contributed by atoms with Crippen LogP contribution in [0.25, 0.3) is 0 Å². The smallest absolute Gasteiger partial charge is 0.137 e. The van der Waals surface area contributed by atoms with Crippen molar-refractivity contribution in [2.75, 3.05) is 26.2 Å². The molecule has 0 saturated carbocycles. The number of hydrogen-bond donors (Lipinski definition) is 1. The van der Waals surface area contributed by atoms with Gasteiger partial charge in [-0.25, -0.2) is 0 Å². The summed E-state index contributed by atoms with van der Waals surface area (Å²) in [6.07, 6.45) is -0.507. The molecular formula is C14H22ClNO2. The molecule has 4 heteroatoms. The first kappa shape index (κ1) is 15.3. The Hall–Kier alpha value is -0.770. The van der Waals surface area contributed by atoms with Crippen molar-refractivity contribution in [1.82, 2.24) is 4.90 Å². The Kier molecular flexibility index (Phi) is 6.47. The summed E-state index contributed by atoms with van der Waals surface area (Å²) in [6.45, 7) is 9.54. The molecule has 0 heterocycles. The molecule has 0 spiro atoms. The summed E-state index contributed by atoms with van der Waals surface area (Å²) in [4.78, 5) is 2.29. The van der Waals surface area contributed by atoms with Gasteiger partial charge in [0, 0.05) is 6.54 Å². The van der Waals surface area contributed by atoms with Crippen LogP contribution in [0.5, 0.6) is 5.75 Å². The summed E-state index contributed by atoms with van der Waals surface area (Å²) in [5.74, 6) is 0.674. The van der Waals surface area contributed by atoms with Crippen molar-refractivity contribution < 1.29 is 9.84 Å².